The smallest absolute Gasteiger partial charge is 0.289 e. The molecule has 3 aromatic rings. The highest BCUT2D eigenvalue weighted by molar-refractivity contribution is 7.18. The van der Waals surface area contributed by atoms with Crippen LogP contribution in [0.4, 0.5) is 17.2 Å². The highest BCUT2D eigenvalue weighted by Gasteiger charge is 2.20. The van der Waals surface area contributed by atoms with Gasteiger partial charge in [-0.3, -0.25) is 19.9 Å². The van der Waals surface area contributed by atoms with Crippen LogP contribution in [0.5, 0.6) is 0 Å². The third-order valence-corrected chi connectivity index (χ3v) is 5.55. The van der Waals surface area contributed by atoms with Gasteiger partial charge in [-0.15, -0.1) is 11.3 Å². The van der Waals surface area contributed by atoms with E-state index in [0.717, 1.165) is 17.0 Å². The molecule has 4 rings (SSSR count). The number of amides is 2. The second kappa shape index (κ2) is 8.52. The number of nitrogens with one attached hydrogen (secondary N) is 3. The predicted octanol–water partition coefficient (Wildman–Crippen LogP) is 4.07. The van der Waals surface area contributed by atoms with Crippen molar-refractivity contribution in [3.63, 3.8) is 0 Å². The number of amidine groups is 1. The van der Waals surface area contributed by atoms with Crippen LogP contribution < -0.4 is 15.5 Å². The minimum absolute atomic E-state index is 0.106. The molecule has 30 heavy (non-hydrogen) atoms. The average molecular weight is 442 g/mol. The van der Waals surface area contributed by atoms with Crippen molar-refractivity contribution in [3.05, 3.63) is 69.5 Å². The highest BCUT2D eigenvalue weighted by Crippen LogP contribution is 2.24. The van der Waals surface area contributed by atoms with Crippen LogP contribution in [0.25, 0.3) is 0 Å². The van der Waals surface area contributed by atoms with Crippen LogP contribution in [0.15, 0.2) is 54.7 Å². The molecule has 0 unspecified atom stereocenters. The van der Waals surface area contributed by atoms with Gasteiger partial charge < -0.3 is 15.4 Å². The zero-order valence-electron chi connectivity index (χ0n) is 15.5. The molecule has 0 bridgehead atoms. The maximum absolute atomic E-state index is 12.8. The zero-order valence-corrected chi connectivity index (χ0v) is 17.1. The Bertz CT molecular complexity index is 1120. The van der Waals surface area contributed by atoms with Gasteiger partial charge >= 0.3 is 0 Å². The van der Waals surface area contributed by atoms with E-state index in [1.165, 1.54) is 6.20 Å². The van der Waals surface area contributed by atoms with Gasteiger partial charge in [-0.05, 0) is 48.5 Å². The van der Waals surface area contributed by atoms with Crippen molar-refractivity contribution in [1.29, 1.82) is 5.41 Å². The molecule has 2 aromatic heterocycles. The minimum Gasteiger partial charge on any atom is -0.463 e. The Hall–Kier alpha value is -3.43. The predicted molar refractivity (Wildman–Crippen MR) is 117 cm³/mol. The molecule has 3 heterocycles. The Morgan fingerprint density at radius 1 is 1.10 bits per heavy atom. The van der Waals surface area contributed by atoms with Gasteiger partial charge in [0.25, 0.3) is 17.8 Å². The van der Waals surface area contributed by atoms with E-state index in [1.807, 2.05) is 0 Å². The van der Waals surface area contributed by atoms with E-state index >= 15 is 0 Å². The van der Waals surface area contributed by atoms with E-state index in [0.29, 0.717) is 28.1 Å². The van der Waals surface area contributed by atoms with Gasteiger partial charge in [-0.25, -0.2) is 4.98 Å². The second-order valence-corrected chi connectivity index (χ2v) is 7.98. The Morgan fingerprint density at radius 2 is 1.90 bits per heavy atom. The fraction of sp³-hybridized carbons (Fsp3) is 0.100. The molecular weight excluding hydrogens is 426 g/mol. The first-order valence-electron chi connectivity index (χ1n) is 8.93. The number of benzene rings is 1. The molecule has 3 N–H and O–H groups in total. The van der Waals surface area contributed by atoms with E-state index in [2.05, 4.69) is 15.6 Å². The third kappa shape index (κ3) is 4.27. The standard InChI is InChI=1S/C20H16ClN5O3S/c21-16-8-7-15(30-16)19(28)25-17-14(2-1-9-23-17)18(27)24-12-3-5-13(6-4-12)26-10-11-29-20(26)22/h1-9,22H,10-11H2,(H,24,27)(H,23,25,28). The van der Waals surface area contributed by atoms with E-state index in [-0.39, 0.29) is 23.3 Å². The minimum atomic E-state index is -0.410. The molecule has 152 valence electrons. The maximum Gasteiger partial charge on any atom is 0.289 e. The number of rotatable bonds is 5. The molecule has 1 saturated heterocycles. The summed E-state index contributed by atoms with van der Waals surface area (Å²) < 4.78 is 5.64. The first-order valence-corrected chi connectivity index (χ1v) is 10.1. The summed E-state index contributed by atoms with van der Waals surface area (Å²) in [7, 11) is 0. The first-order chi connectivity index (χ1) is 14.5. The number of carbonyl (C=O) groups excluding carboxylic acids is 2. The lowest BCUT2D eigenvalue weighted by molar-refractivity contribution is 0.102. The normalized spacial score (nSPS) is 13.1. The van der Waals surface area contributed by atoms with Gasteiger partial charge in [-0.1, -0.05) is 11.6 Å². The van der Waals surface area contributed by atoms with Gasteiger partial charge in [0.05, 0.1) is 21.3 Å². The summed E-state index contributed by atoms with van der Waals surface area (Å²) in [5.74, 6) is -0.643. The molecule has 0 atom stereocenters. The number of anilines is 3. The largest absolute Gasteiger partial charge is 0.463 e. The topological polar surface area (TPSA) is 107 Å². The number of thiophene rings is 1. The van der Waals surface area contributed by atoms with Crippen LogP contribution in [-0.2, 0) is 4.74 Å². The van der Waals surface area contributed by atoms with Crippen molar-refractivity contribution in [1.82, 2.24) is 4.98 Å². The van der Waals surface area contributed by atoms with Crippen molar-refractivity contribution in [3.8, 4) is 0 Å². The van der Waals surface area contributed by atoms with Crippen molar-refractivity contribution >= 4 is 58.0 Å². The summed E-state index contributed by atoms with van der Waals surface area (Å²) >= 11 is 7.02. The van der Waals surface area contributed by atoms with Gasteiger partial charge in [0.1, 0.15) is 12.4 Å². The molecular formula is C20H16ClN5O3S. The molecule has 1 aliphatic rings. The Kier molecular flexibility index (Phi) is 5.64. The summed E-state index contributed by atoms with van der Waals surface area (Å²) in [4.78, 5) is 31.4. The van der Waals surface area contributed by atoms with E-state index < -0.39 is 5.91 Å². The number of nitrogens with zero attached hydrogens (tertiary/aromatic N) is 2. The van der Waals surface area contributed by atoms with Crippen molar-refractivity contribution < 1.29 is 14.3 Å². The second-order valence-electron chi connectivity index (χ2n) is 6.26. The Balaban J connectivity index is 1.47. The van der Waals surface area contributed by atoms with Crippen molar-refractivity contribution in [2.45, 2.75) is 0 Å². The molecule has 0 saturated carbocycles. The molecule has 2 amide bonds. The third-order valence-electron chi connectivity index (χ3n) is 4.32. The fourth-order valence-corrected chi connectivity index (χ4v) is 3.81. The average Bonchev–Trinajstić information content (AvgIpc) is 3.37. The van der Waals surface area contributed by atoms with Gasteiger partial charge in [0.2, 0.25) is 0 Å². The molecule has 0 spiro atoms. The number of hydrogen-bond acceptors (Lipinski definition) is 6. The van der Waals surface area contributed by atoms with E-state index in [4.69, 9.17) is 21.7 Å². The van der Waals surface area contributed by atoms with Crippen LogP contribution in [0.1, 0.15) is 20.0 Å². The molecule has 0 radical (unpaired) electrons. The fourth-order valence-electron chi connectivity index (χ4n) is 2.88. The monoisotopic (exact) mass is 441 g/mol. The zero-order chi connectivity index (χ0) is 21.1. The summed E-state index contributed by atoms with van der Waals surface area (Å²) in [6, 6.07) is 13.6. The van der Waals surface area contributed by atoms with E-state index in [9.17, 15) is 9.59 Å². The summed E-state index contributed by atoms with van der Waals surface area (Å²) in [6.07, 6.45) is 1.50. The van der Waals surface area contributed by atoms with Gasteiger partial charge in [0, 0.05) is 17.6 Å². The first kappa shape index (κ1) is 19.9. The van der Waals surface area contributed by atoms with Crippen LogP contribution in [0.2, 0.25) is 4.34 Å². The number of halogens is 1. The highest BCUT2D eigenvalue weighted by atomic mass is 35.5. The van der Waals surface area contributed by atoms with Crippen molar-refractivity contribution in [2.24, 2.45) is 0 Å². The van der Waals surface area contributed by atoms with Gasteiger partial charge in [0.15, 0.2) is 0 Å². The lowest BCUT2D eigenvalue weighted by Gasteiger charge is -2.15. The number of pyridine rings is 1. The van der Waals surface area contributed by atoms with Crippen LogP contribution in [-0.4, -0.2) is 36.0 Å². The lowest BCUT2D eigenvalue weighted by atomic mass is 10.2. The molecule has 1 aromatic carbocycles. The van der Waals surface area contributed by atoms with Crippen LogP contribution >= 0.6 is 22.9 Å². The summed E-state index contributed by atoms with van der Waals surface area (Å²) in [5, 5.41) is 13.2. The molecule has 10 heteroatoms. The van der Waals surface area contributed by atoms with Gasteiger partial charge in [-0.2, -0.15) is 0 Å². The Morgan fingerprint density at radius 3 is 2.57 bits per heavy atom. The number of carbonyl (C=O) groups is 2. The SMILES string of the molecule is N=C1OCCN1c1ccc(NC(=O)c2cccnc2NC(=O)c2ccc(Cl)s2)cc1. The Labute approximate surface area is 181 Å². The molecule has 1 aliphatic heterocycles. The van der Waals surface area contributed by atoms with Crippen LogP contribution in [0.3, 0.4) is 0 Å². The van der Waals surface area contributed by atoms with E-state index in [1.54, 1.807) is 53.4 Å². The maximum atomic E-state index is 12.8. The lowest BCUT2D eigenvalue weighted by Crippen LogP contribution is -2.23. The van der Waals surface area contributed by atoms with Crippen molar-refractivity contribution in [2.75, 3.05) is 28.7 Å². The number of aromatic nitrogens is 1. The number of ether oxygens (including phenoxy) is 1. The molecule has 1 fully saturated rings. The molecule has 0 aliphatic carbocycles. The van der Waals surface area contributed by atoms with Crippen LogP contribution in [0, 0.1) is 5.41 Å². The summed E-state index contributed by atoms with van der Waals surface area (Å²) in [5.41, 5.74) is 1.60. The quantitative estimate of drug-likeness (QED) is 0.553. The summed E-state index contributed by atoms with van der Waals surface area (Å²) in [6.45, 7) is 1.09. The molecule has 8 nitrogen and oxygen atoms in total. The number of hydrogen-bond donors (Lipinski definition) is 3.